The van der Waals surface area contributed by atoms with E-state index in [4.69, 9.17) is 11.6 Å². The molecule has 0 aliphatic heterocycles. The molecular weight excluding hydrogens is 378 g/mol. The van der Waals surface area contributed by atoms with Gasteiger partial charge in [-0.05, 0) is 48.4 Å². The van der Waals surface area contributed by atoms with Crippen molar-refractivity contribution < 1.29 is 9.72 Å². The molecule has 0 saturated carbocycles. The van der Waals surface area contributed by atoms with E-state index >= 15 is 0 Å². The molecule has 6 nitrogen and oxygen atoms in total. The maximum atomic E-state index is 12.6. The van der Waals surface area contributed by atoms with Crippen LogP contribution in [0, 0.1) is 10.1 Å². The summed E-state index contributed by atoms with van der Waals surface area (Å²) in [4.78, 5) is 23.1. The van der Waals surface area contributed by atoms with Crippen LogP contribution in [0.5, 0.6) is 0 Å². The molecule has 1 unspecified atom stereocenters. The number of nitro benzene ring substituents is 1. The number of anilines is 2. The summed E-state index contributed by atoms with van der Waals surface area (Å²) in [6, 6.07) is 13.7. The lowest BCUT2D eigenvalue weighted by molar-refractivity contribution is -0.384. The number of carbonyl (C=O) groups is 1. The quantitative estimate of drug-likeness (QED) is 0.473. The van der Waals surface area contributed by atoms with Gasteiger partial charge in [-0.3, -0.25) is 14.9 Å². The molecule has 28 heavy (non-hydrogen) atoms. The zero-order valence-electron chi connectivity index (χ0n) is 15.2. The van der Waals surface area contributed by atoms with E-state index in [-0.39, 0.29) is 22.3 Å². The van der Waals surface area contributed by atoms with Gasteiger partial charge in [-0.25, -0.2) is 0 Å². The van der Waals surface area contributed by atoms with Crippen LogP contribution in [-0.2, 0) is 17.6 Å². The Morgan fingerprint density at radius 1 is 1.11 bits per heavy atom. The van der Waals surface area contributed by atoms with Crippen molar-refractivity contribution in [3.05, 3.63) is 74.8 Å². The van der Waals surface area contributed by atoms with E-state index in [1.54, 1.807) is 6.92 Å². The standard InChI is InChI=1S/C21H18ClN3O3/c1-12(21(26)24-19-11-15(25(27)28)8-9-17(19)22)23-18-10-7-14-6-5-13-3-2-4-16(18)20(13)14/h2-4,7-12,23H,5-6H2,1H3,(H,24,26). The Hall–Kier alpha value is -3.12. The first-order chi connectivity index (χ1) is 13.4. The Morgan fingerprint density at radius 3 is 2.61 bits per heavy atom. The van der Waals surface area contributed by atoms with E-state index in [0.717, 1.165) is 23.9 Å². The predicted molar refractivity (Wildman–Crippen MR) is 111 cm³/mol. The highest BCUT2D eigenvalue weighted by molar-refractivity contribution is 6.33. The number of nitrogens with one attached hydrogen (secondary N) is 2. The van der Waals surface area contributed by atoms with Crippen LogP contribution in [-0.4, -0.2) is 16.9 Å². The first kappa shape index (κ1) is 18.3. The van der Waals surface area contributed by atoms with Crippen molar-refractivity contribution in [3.63, 3.8) is 0 Å². The van der Waals surface area contributed by atoms with Gasteiger partial charge in [0.05, 0.1) is 15.6 Å². The number of amides is 1. The van der Waals surface area contributed by atoms with E-state index in [1.165, 1.54) is 34.7 Å². The van der Waals surface area contributed by atoms with Crippen LogP contribution in [0.15, 0.2) is 48.5 Å². The topological polar surface area (TPSA) is 84.3 Å². The fourth-order valence-electron chi connectivity index (χ4n) is 3.64. The zero-order valence-corrected chi connectivity index (χ0v) is 15.9. The van der Waals surface area contributed by atoms with Gasteiger partial charge in [0.25, 0.3) is 5.69 Å². The molecule has 0 heterocycles. The van der Waals surface area contributed by atoms with E-state index in [1.807, 2.05) is 12.1 Å². The molecule has 142 valence electrons. The Balaban J connectivity index is 1.56. The molecule has 0 fully saturated rings. The smallest absolute Gasteiger partial charge is 0.271 e. The van der Waals surface area contributed by atoms with Gasteiger partial charge < -0.3 is 10.6 Å². The average molecular weight is 396 g/mol. The van der Waals surface area contributed by atoms with Crippen molar-refractivity contribution in [2.75, 3.05) is 10.6 Å². The SMILES string of the molecule is CC(Nc1ccc2c3c(cccc13)CC2)C(=O)Nc1cc([N+](=O)[O-])ccc1Cl. The molecule has 7 heteroatoms. The first-order valence-electron chi connectivity index (χ1n) is 8.99. The van der Waals surface area contributed by atoms with E-state index < -0.39 is 11.0 Å². The van der Waals surface area contributed by atoms with Gasteiger partial charge in [-0.1, -0.05) is 35.9 Å². The molecule has 0 spiro atoms. The van der Waals surface area contributed by atoms with Gasteiger partial charge in [-0.15, -0.1) is 0 Å². The number of hydrogen-bond donors (Lipinski definition) is 2. The monoisotopic (exact) mass is 395 g/mol. The predicted octanol–water partition coefficient (Wildman–Crippen LogP) is 4.94. The number of rotatable bonds is 5. The molecular formula is C21H18ClN3O3. The third kappa shape index (κ3) is 3.27. The maximum absolute atomic E-state index is 12.6. The van der Waals surface area contributed by atoms with Crippen molar-refractivity contribution in [2.45, 2.75) is 25.8 Å². The van der Waals surface area contributed by atoms with Crippen LogP contribution in [0.2, 0.25) is 5.02 Å². The number of halogens is 1. The van der Waals surface area contributed by atoms with Crippen LogP contribution in [0.25, 0.3) is 10.8 Å². The second-order valence-electron chi connectivity index (χ2n) is 6.89. The molecule has 0 bridgehead atoms. The number of nitro groups is 1. The summed E-state index contributed by atoms with van der Waals surface area (Å²) in [6.45, 7) is 1.74. The molecule has 1 aliphatic carbocycles. The van der Waals surface area contributed by atoms with Crippen LogP contribution in [0.4, 0.5) is 17.1 Å². The minimum atomic E-state index is -0.561. The minimum Gasteiger partial charge on any atom is -0.373 e. The maximum Gasteiger partial charge on any atom is 0.271 e. The fraction of sp³-hybridized carbons (Fsp3) is 0.190. The number of nitrogens with zero attached hydrogens (tertiary/aromatic N) is 1. The summed E-state index contributed by atoms with van der Waals surface area (Å²) >= 11 is 6.07. The number of hydrogen-bond acceptors (Lipinski definition) is 4. The summed E-state index contributed by atoms with van der Waals surface area (Å²) in [5, 5.41) is 19.5. The highest BCUT2D eigenvalue weighted by Gasteiger charge is 2.20. The van der Waals surface area contributed by atoms with Crippen molar-refractivity contribution in [1.82, 2.24) is 0 Å². The van der Waals surface area contributed by atoms with Crippen molar-refractivity contribution in [2.24, 2.45) is 0 Å². The summed E-state index contributed by atoms with van der Waals surface area (Å²) in [7, 11) is 0. The van der Waals surface area contributed by atoms with Gasteiger partial charge in [0.15, 0.2) is 0 Å². The third-order valence-electron chi connectivity index (χ3n) is 5.06. The van der Waals surface area contributed by atoms with Crippen LogP contribution >= 0.6 is 11.6 Å². The normalized spacial score (nSPS) is 13.4. The van der Waals surface area contributed by atoms with E-state index in [0.29, 0.717) is 0 Å². The second-order valence-corrected chi connectivity index (χ2v) is 7.30. The first-order valence-corrected chi connectivity index (χ1v) is 9.36. The minimum absolute atomic E-state index is 0.132. The molecule has 1 aliphatic rings. The Bertz CT molecular complexity index is 1100. The molecule has 3 aromatic rings. The molecule has 3 aromatic carbocycles. The molecule has 0 saturated heterocycles. The highest BCUT2D eigenvalue weighted by atomic mass is 35.5. The van der Waals surface area contributed by atoms with Gasteiger partial charge in [0.1, 0.15) is 6.04 Å². The number of aryl methyl sites for hydroxylation is 2. The molecule has 0 radical (unpaired) electrons. The zero-order chi connectivity index (χ0) is 19.8. The van der Waals surface area contributed by atoms with Crippen molar-refractivity contribution in [1.29, 1.82) is 0 Å². The van der Waals surface area contributed by atoms with Crippen molar-refractivity contribution in [3.8, 4) is 0 Å². The second kappa shape index (κ2) is 7.13. The Labute approximate surface area is 166 Å². The summed E-state index contributed by atoms with van der Waals surface area (Å²) < 4.78 is 0. The molecule has 2 N–H and O–H groups in total. The summed E-state index contributed by atoms with van der Waals surface area (Å²) in [6.07, 6.45) is 2.08. The lowest BCUT2D eigenvalue weighted by Crippen LogP contribution is -2.32. The Kier molecular flexibility index (Phi) is 4.65. The van der Waals surface area contributed by atoms with Gasteiger partial charge >= 0.3 is 0 Å². The van der Waals surface area contributed by atoms with Gasteiger partial charge in [0.2, 0.25) is 5.91 Å². The molecule has 4 rings (SSSR count). The average Bonchev–Trinajstić information content (AvgIpc) is 3.10. The molecule has 1 atom stereocenters. The van der Waals surface area contributed by atoms with Crippen molar-refractivity contribution >= 4 is 45.3 Å². The molecule has 0 aromatic heterocycles. The third-order valence-corrected chi connectivity index (χ3v) is 5.39. The van der Waals surface area contributed by atoms with Crippen LogP contribution in [0.3, 0.4) is 0 Å². The van der Waals surface area contributed by atoms with Gasteiger partial charge in [-0.2, -0.15) is 0 Å². The van der Waals surface area contributed by atoms with Gasteiger partial charge in [0, 0.05) is 23.2 Å². The largest absolute Gasteiger partial charge is 0.373 e. The van der Waals surface area contributed by atoms with Crippen LogP contribution in [0.1, 0.15) is 18.1 Å². The summed E-state index contributed by atoms with van der Waals surface area (Å²) in [5.74, 6) is -0.328. The number of non-ortho nitro benzene ring substituents is 1. The Morgan fingerprint density at radius 2 is 1.86 bits per heavy atom. The van der Waals surface area contributed by atoms with E-state index in [2.05, 4.69) is 28.8 Å². The highest BCUT2D eigenvalue weighted by Crippen LogP contribution is 2.35. The lowest BCUT2D eigenvalue weighted by atomic mass is 10.0. The van der Waals surface area contributed by atoms with E-state index in [9.17, 15) is 14.9 Å². The van der Waals surface area contributed by atoms with Crippen LogP contribution < -0.4 is 10.6 Å². The lowest BCUT2D eigenvalue weighted by Gasteiger charge is -2.18. The summed E-state index contributed by atoms with van der Waals surface area (Å²) in [5.41, 5.74) is 3.63. The number of benzene rings is 3. The molecule has 1 amide bonds. The number of carbonyl (C=O) groups excluding carboxylic acids is 1. The fourth-order valence-corrected chi connectivity index (χ4v) is 3.80.